The van der Waals surface area contributed by atoms with Crippen LogP contribution in [0.15, 0.2) is 18.3 Å². The van der Waals surface area contributed by atoms with Crippen LogP contribution in [0.1, 0.15) is 29.6 Å². The van der Waals surface area contributed by atoms with E-state index in [1.807, 2.05) is 0 Å². The molecule has 2 amide bonds. The predicted octanol–water partition coefficient (Wildman–Crippen LogP) is 0.963. The van der Waals surface area contributed by atoms with Crippen molar-refractivity contribution in [1.82, 2.24) is 15.2 Å². The van der Waals surface area contributed by atoms with Gasteiger partial charge in [-0.1, -0.05) is 0 Å². The highest BCUT2D eigenvalue weighted by Gasteiger charge is 2.18. The first-order valence-corrected chi connectivity index (χ1v) is 6.35. The van der Waals surface area contributed by atoms with E-state index in [2.05, 4.69) is 10.3 Å². The zero-order chi connectivity index (χ0) is 13.7. The number of carbonyl (C=O) groups excluding carboxylic acids is 2. The SMILES string of the molecule is O=C(NCC(=O)N1CCCCC1)c1cccnc1F. The maximum absolute atomic E-state index is 13.3. The standard InChI is InChI=1S/C13H16FN3O2/c14-12-10(5-4-6-15-12)13(19)16-9-11(18)17-7-2-1-3-8-17/h4-6H,1-3,7-9H2,(H,16,19). The van der Waals surface area contributed by atoms with Gasteiger partial charge in [-0.25, -0.2) is 4.98 Å². The molecule has 1 aromatic heterocycles. The summed E-state index contributed by atoms with van der Waals surface area (Å²) in [7, 11) is 0. The van der Waals surface area contributed by atoms with Crippen LogP contribution in [-0.4, -0.2) is 41.3 Å². The number of rotatable bonds is 3. The zero-order valence-electron chi connectivity index (χ0n) is 10.6. The van der Waals surface area contributed by atoms with Crippen molar-refractivity contribution in [2.75, 3.05) is 19.6 Å². The third-order valence-electron chi connectivity index (χ3n) is 3.11. The molecule has 1 fully saturated rings. The minimum atomic E-state index is -0.828. The molecule has 2 heterocycles. The molecule has 0 bridgehead atoms. The van der Waals surface area contributed by atoms with E-state index in [4.69, 9.17) is 0 Å². The van der Waals surface area contributed by atoms with Gasteiger partial charge in [0, 0.05) is 19.3 Å². The Morgan fingerprint density at radius 2 is 2.05 bits per heavy atom. The van der Waals surface area contributed by atoms with E-state index < -0.39 is 11.9 Å². The Balaban J connectivity index is 1.86. The van der Waals surface area contributed by atoms with Crippen LogP contribution in [0.25, 0.3) is 0 Å². The van der Waals surface area contributed by atoms with E-state index in [1.54, 1.807) is 4.90 Å². The summed E-state index contributed by atoms with van der Waals surface area (Å²) in [6.45, 7) is 1.36. The highest BCUT2D eigenvalue weighted by molar-refractivity contribution is 5.96. The van der Waals surface area contributed by atoms with Gasteiger partial charge in [0.2, 0.25) is 11.9 Å². The topological polar surface area (TPSA) is 62.3 Å². The first-order chi connectivity index (χ1) is 9.18. The first kappa shape index (κ1) is 13.5. The Hall–Kier alpha value is -1.98. The normalized spacial score (nSPS) is 15.1. The van der Waals surface area contributed by atoms with Crippen molar-refractivity contribution in [3.63, 3.8) is 0 Å². The number of halogens is 1. The van der Waals surface area contributed by atoms with Crippen molar-refractivity contribution in [2.24, 2.45) is 0 Å². The summed E-state index contributed by atoms with van der Waals surface area (Å²) >= 11 is 0. The number of nitrogens with one attached hydrogen (secondary N) is 1. The van der Waals surface area contributed by atoms with Crippen LogP contribution < -0.4 is 5.32 Å². The molecule has 0 saturated carbocycles. The summed E-state index contributed by atoms with van der Waals surface area (Å²) in [4.78, 5) is 28.6. The van der Waals surface area contributed by atoms with E-state index in [0.717, 1.165) is 32.4 Å². The number of hydrogen-bond acceptors (Lipinski definition) is 3. The Morgan fingerprint density at radius 1 is 1.32 bits per heavy atom. The molecule has 102 valence electrons. The largest absolute Gasteiger partial charge is 0.343 e. The number of aromatic nitrogens is 1. The van der Waals surface area contributed by atoms with Gasteiger partial charge in [0.1, 0.15) is 0 Å². The molecule has 5 nitrogen and oxygen atoms in total. The van der Waals surface area contributed by atoms with E-state index in [-0.39, 0.29) is 18.0 Å². The number of piperidine rings is 1. The van der Waals surface area contributed by atoms with Crippen molar-refractivity contribution in [1.29, 1.82) is 0 Å². The van der Waals surface area contributed by atoms with Gasteiger partial charge in [0.15, 0.2) is 0 Å². The summed E-state index contributed by atoms with van der Waals surface area (Å²) in [5, 5.41) is 2.43. The second-order valence-electron chi connectivity index (χ2n) is 4.47. The van der Waals surface area contributed by atoms with Gasteiger partial charge in [0.25, 0.3) is 5.91 Å². The molecule has 2 rings (SSSR count). The molecule has 1 saturated heterocycles. The average molecular weight is 265 g/mol. The second-order valence-corrected chi connectivity index (χ2v) is 4.47. The highest BCUT2D eigenvalue weighted by atomic mass is 19.1. The lowest BCUT2D eigenvalue weighted by Gasteiger charge is -2.26. The molecule has 19 heavy (non-hydrogen) atoms. The van der Waals surface area contributed by atoms with Crippen molar-refractivity contribution in [2.45, 2.75) is 19.3 Å². The lowest BCUT2D eigenvalue weighted by molar-refractivity contribution is -0.130. The minimum absolute atomic E-state index is 0.104. The van der Waals surface area contributed by atoms with Crippen LogP contribution in [-0.2, 0) is 4.79 Å². The van der Waals surface area contributed by atoms with Gasteiger partial charge >= 0.3 is 0 Å². The molecule has 6 heteroatoms. The molecule has 1 aromatic rings. The summed E-state index contributed by atoms with van der Waals surface area (Å²) in [5.41, 5.74) is -0.144. The summed E-state index contributed by atoms with van der Waals surface area (Å²) < 4.78 is 13.3. The van der Waals surface area contributed by atoms with Gasteiger partial charge in [-0.3, -0.25) is 9.59 Å². The van der Waals surface area contributed by atoms with E-state index in [0.29, 0.717) is 0 Å². The molecule has 0 aliphatic carbocycles. The number of nitrogens with zero attached hydrogens (tertiary/aromatic N) is 2. The fourth-order valence-corrected chi connectivity index (χ4v) is 2.06. The summed E-state index contributed by atoms with van der Waals surface area (Å²) in [6, 6.07) is 2.81. The van der Waals surface area contributed by atoms with E-state index >= 15 is 0 Å². The minimum Gasteiger partial charge on any atom is -0.343 e. The number of likely N-dealkylation sites (tertiary alicyclic amines) is 1. The zero-order valence-corrected chi connectivity index (χ0v) is 10.6. The molecule has 1 N–H and O–H groups in total. The Labute approximate surface area is 110 Å². The van der Waals surface area contributed by atoms with Crippen LogP contribution in [0.2, 0.25) is 0 Å². The second kappa shape index (κ2) is 6.26. The van der Waals surface area contributed by atoms with Crippen molar-refractivity contribution in [3.05, 3.63) is 29.8 Å². The molecule has 1 aliphatic rings. The highest BCUT2D eigenvalue weighted by Crippen LogP contribution is 2.08. The van der Waals surface area contributed by atoms with Crippen molar-refractivity contribution >= 4 is 11.8 Å². The average Bonchev–Trinajstić information content (AvgIpc) is 2.46. The molecule has 0 radical (unpaired) electrons. The maximum Gasteiger partial charge on any atom is 0.256 e. The molecule has 0 atom stereocenters. The Bertz CT molecular complexity index is 473. The maximum atomic E-state index is 13.3. The van der Waals surface area contributed by atoms with Gasteiger partial charge in [-0.2, -0.15) is 4.39 Å². The molecule has 0 unspecified atom stereocenters. The van der Waals surface area contributed by atoms with Gasteiger partial charge < -0.3 is 10.2 Å². The van der Waals surface area contributed by atoms with Gasteiger partial charge in [-0.05, 0) is 31.4 Å². The first-order valence-electron chi connectivity index (χ1n) is 6.35. The van der Waals surface area contributed by atoms with E-state index in [1.165, 1.54) is 18.3 Å². The monoisotopic (exact) mass is 265 g/mol. The number of carbonyl (C=O) groups is 2. The number of amides is 2. The van der Waals surface area contributed by atoms with Gasteiger partial charge in [-0.15, -0.1) is 0 Å². The fourth-order valence-electron chi connectivity index (χ4n) is 2.06. The summed E-state index contributed by atoms with van der Waals surface area (Å²) in [6.07, 6.45) is 4.40. The Morgan fingerprint density at radius 3 is 2.74 bits per heavy atom. The fraction of sp³-hybridized carbons (Fsp3) is 0.462. The lowest BCUT2D eigenvalue weighted by atomic mass is 10.1. The third-order valence-corrected chi connectivity index (χ3v) is 3.11. The molecule has 1 aliphatic heterocycles. The Kier molecular flexibility index (Phi) is 4.43. The molecule has 0 spiro atoms. The predicted molar refractivity (Wildman–Crippen MR) is 67.0 cm³/mol. The quantitative estimate of drug-likeness (QED) is 0.828. The molecule has 0 aromatic carbocycles. The number of hydrogen-bond donors (Lipinski definition) is 1. The molecular formula is C13H16FN3O2. The smallest absolute Gasteiger partial charge is 0.256 e. The number of pyridine rings is 1. The van der Waals surface area contributed by atoms with Crippen molar-refractivity contribution < 1.29 is 14.0 Å². The van der Waals surface area contributed by atoms with Crippen LogP contribution in [0.4, 0.5) is 4.39 Å². The molecular weight excluding hydrogens is 249 g/mol. The van der Waals surface area contributed by atoms with Gasteiger partial charge in [0.05, 0.1) is 12.1 Å². The third kappa shape index (κ3) is 3.49. The van der Waals surface area contributed by atoms with E-state index in [9.17, 15) is 14.0 Å². The van der Waals surface area contributed by atoms with Crippen LogP contribution in [0, 0.1) is 5.95 Å². The van der Waals surface area contributed by atoms with Crippen LogP contribution in [0.3, 0.4) is 0 Å². The lowest BCUT2D eigenvalue weighted by Crippen LogP contribution is -2.42. The van der Waals surface area contributed by atoms with Crippen LogP contribution >= 0.6 is 0 Å². The summed E-state index contributed by atoms with van der Waals surface area (Å²) in [5.74, 6) is -1.57. The van der Waals surface area contributed by atoms with Crippen molar-refractivity contribution in [3.8, 4) is 0 Å². The van der Waals surface area contributed by atoms with Crippen LogP contribution in [0.5, 0.6) is 0 Å².